The van der Waals surface area contributed by atoms with Gasteiger partial charge in [-0.1, -0.05) is 5.16 Å². The molecule has 2 aromatic rings. The largest absolute Gasteiger partial charge is 0.367 e. The molecular weight excluding hydrogens is 290 g/mol. The van der Waals surface area contributed by atoms with Crippen LogP contribution in [0.3, 0.4) is 0 Å². The summed E-state index contributed by atoms with van der Waals surface area (Å²) in [7, 11) is 0. The van der Waals surface area contributed by atoms with Gasteiger partial charge in [-0.05, 0) is 6.07 Å². The normalized spacial score (nSPS) is 16.2. The number of hydrogen-bond acceptors (Lipinski definition) is 7. The summed E-state index contributed by atoms with van der Waals surface area (Å²) in [6, 6.07) is 1.30. The van der Waals surface area contributed by atoms with Crippen molar-refractivity contribution in [3.8, 4) is 0 Å². The summed E-state index contributed by atoms with van der Waals surface area (Å²) in [5.41, 5.74) is -0.475. The maximum absolute atomic E-state index is 14.0. The van der Waals surface area contributed by atoms with Gasteiger partial charge >= 0.3 is 0 Å². The zero-order chi connectivity index (χ0) is 15.0. The molecule has 1 fully saturated rings. The second kappa shape index (κ2) is 5.53. The van der Waals surface area contributed by atoms with E-state index in [1.165, 1.54) is 6.07 Å². The van der Waals surface area contributed by atoms with Crippen LogP contribution in [-0.2, 0) is 9.47 Å². The van der Waals surface area contributed by atoms with Crippen molar-refractivity contribution < 1.29 is 33.0 Å². The lowest BCUT2D eigenvalue weighted by atomic mass is 10.1. The maximum Gasteiger partial charge on any atom is 0.207 e. The number of fused-ring (bicyclic) bond motifs is 1. The molecule has 1 aliphatic rings. The average molecular weight is 302 g/mol. The molecule has 1 aliphatic heterocycles. The Hall–Kier alpha value is -1.81. The second-order valence-corrected chi connectivity index (χ2v) is 4.44. The Labute approximate surface area is 117 Å². The number of halogens is 2. The molecule has 7 nitrogen and oxygen atoms in total. The summed E-state index contributed by atoms with van der Waals surface area (Å²) in [4.78, 5) is 0. The van der Waals surface area contributed by atoms with Crippen LogP contribution in [0.25, 0.3) is 11.0 Å². The summed E-state index contributed by atoms with van der Waals surface area (Å²) in [6.07, 6.45) is -2.61. The molecule has 2 heterocycles. The van der Waals surface area contributed by atoms with E-state index in [4.69, 9.17) is 24.2 Å². The molecule has 1 aromatic carbocycles. The third kappa shape index (κ3) is 2.56. The van der Waals surface area contributed by atoms with E-state index in [2.05, 4.69) is 10.5 Å². The Kier molecular flexibility index (Phi) is 3.72. The molecule has 1 aromatic heterocycles. The van der Waals surface area contributed by atoms with E-state index >= 15 is 0 Å². The molecule has 21 heavy (non-hydrogen) atoms. The Morgan fingerprint density at radius 3 is 2.67 bits per heavy atom. The number of rotatable bonds is 4. The highest BCUT2D eigenvalue weighted by Crippen LogP contribution is 2.34. The molecule has 0 atom stereocenters. The van der Waals surface area contributed by atoms with Gasteiger partial charge in [-0.3, -0.25) is 0 Å². The van der Waals surface area contributed by atoms with Crippen LogP contribution >= 0.6 is 0 Å². The lowest BCUT2D eigenvalue weighted by Gasteiger charge is -2.11. The summed E-state index contributed by atoms with van der Waals surface area (Å²) in [5.74, 6) is -2.26. The van der Waals surface area contributed by atoms with Crippen molar-refractivity contribution in [1.29, 1.82) is 0 Å². The topological polar surface area (TPSA) is 97.0 Å². The zero-order valence-corrected chi connectivity index (χ0v) is 10.7. The summed E-state index contributed by atoms with van der Waals surface area (Å²) in [6.45, 7) is 0.330. The standard InChI is InChI=1S/C12H12F2N2O5/c13-8-5(12-19-1-2-20-12)3-6-10(9(8)14)21-16-11(6)15-4-7(17)18/h3,7,12,17-18H,1-2,4H2,(H,15,16). The fourth-order valence-corrected chi connectivity index (χ4v) is 2.06. The van der Waals surface area contributed by atoms with E-state index in [-0.39, 0.29) is 42.1 Å². The molecule has 114 valence electrons. The first-order chi connectivity index (χ1) is 10.1. The Morgan fingerprint density at radius 1 is 1.29 bits per heavy atom. The third-order valence-electron chi connectivity index (χ3n) is 3.00. The molecule has 0 spiro atoms. The van der Waals surface area contributed by atoms with Gasteiger partial charge in [0, 0.05) is 5.56 Å². The Balaban J connectivity index is 2.04. The van der Waals surface area contributed by atoms with Crippen LogP contribution in [0, 0.1) is 11.6 Å². The number of hydrogen-bond donors (Lipinski definition) is 3. The molecule has 0 amide bonds. The van der Waals surface area contributed by atoms with E-state index in [0.29, 0.717) is 0 Å². The van der Waals surface area contributed by atoms with Gasteiger partial charge in [-0.15, -0.1) is 0 Å². The van der Waals surface area contributed by atoms with Crippen molar-refractivity contribution >= 4 is 16.8 Å². The smallest absolute Gasteiger partial charge is 0.207 e. The van der Waals surface area contributed by atoms with E-state index in [0.717, 1.165) is 0 Å². The van der Waals surface area contributed by atoms with Crippen LogP contribution in [0.1, 0.15) is 11.9 Å². The molecule has 0 aliphatic carbocycles. The lowest BCUT2D eigenvalue weighted by Crippen LogP contribution is -2.18. The fourth-order valence-electron chi connectivity index (χ4n) is 2.06. The second-order valence-electron chi connectivity index (χ2n) is 4.44. The highest BCUT2D eigenvalue weighted by molar-refractivity contribution is 5.89. The van der Waals surface area contributed by atoms with Crippen molar-refractivity contribution in [3.05, 3.63) is 23.3 Å². The van der Waals surface area contributed by atoms with E-state index in [1.807, 2.05) is 0 Å². The number of ether oxygens (including phenoxy) is 2. The number of nitrogens with zero attached hydrogens (tertiary/aromatic N) is 1. The van der Waals surface area contributed by atoms with Gasteiger partial charge in [0.25, 0.3) is 0 Å². The van der Waals surface area contributed by atoms with Crippen molar-refractivity contribution in [2.24, 2.45) is 0 Å². The molecule has 3 rings (SSSR count). The highest BCUT2D eigenvalue weighted by Gasteiger charge is 2.28. The number of anilines is 1. The maximum atomic E-state index is 14.0. The Morgan fingerprint density at radius 2 is 2.00 bits per heavy atom. The van der Waals surface area contributed by atoms with Crippen LogP contribution in [0.15, 0.2) is 10.6 Å². The number of aromatic nitrogens is 1. The molecule has 0 unspecified atom stereocenters. The predicted octanol–water partition coefficient (Wildman–Crippen LogP) is 0.874. The monoisotopic (exact) mass is 302 g/mol. The minimum absolute atomic E-state index is 0.0660. The van der Waals surface area contributed by atoms with Gasteiger partial charge in [0.15, 0.2) is 24.2 Å². The van der Waals surface area contributed by atoms with Gasteiger partial charge in [-0.2, -0.15) is 4.39 Å². The SMILES string of the molecule is OC(O)CNc1noc2c(F)c(F)c(C3OCCO3)cc12. The first-order valence-corrected chi connectivity index (χ1v) is 6.18. The molecule has 0 saturated carbocycles. The molecule has 0 bridgehead atoms. The summed E-state index contributed by atoms with van der Waals surface area (Å²) in [5, 5.41) is 23.9. The minimum Gasteiger partial charge on any atom is -0.367 e. The van der Waals surface area contributed by atoms with Crippen molar-refractivity contribution in [3.63, 3.8) is 0 Å². The number of aliphatic hydroxyl groups excluding tert-OH is 1. The third-order valence-corrected chi connectivity index (χ3v) is 3.00. The number of benzene rings is 1. The Bertz CT molecular complexity index is 655. The zero-order valence-electron chi connectivity index (χ0n) is 10.7. The van der Waals surface area contributed by atoms with Crippen molar-refractivity contribution in [1.82, 2.24) is 5.16 Å². The van der Waals surface area contributed by atoms with Crippen LogP contribution in [-0.4, -0.2) is 41.4 Å². The van der Waals surface area contributed by atoms with Gasteiger partial charge in [-0.25, -0.2) is 4.39 Å². The quantitative estimate of drug-likeness (QED) is 0.721. The number of aliphatic hydroxyl groups is 2. The van der Waals surface area contributed by atoms with E-state index < -0.39 is 24.2 Å². The molecule has 9 heteroatoms. The lowest BCUT2D eigenvalue weighted by molar-refractivity contribution is -0.0467. The van der Waals surface area contributed by atoms with E-state index in [9.17, 15) is 8.78 Å². The summed E-state index contributed by atoms with van der Waals surface area (Å²) < 4.78 is 43.0. The molecule has 0 radical (unpaired) electrons. The first kappa shape index (κ1) is 14.1. The van der Waals surface area contributed by atoms with Gasteiger partial charge in [0.05, 0.1) is 25.1 Å². The van der Waals surface area contributed by atoms with Crippen LogP contribution in [0.5, 0.6) is 0 Å². The average Bonchev–Trinajstić information content (AvgIpc) is 3.09. The number of nitrogens with one attached hydrogen (secondary N) is 1. The first-order valence-electron chi connectivity index (χ1n) is 6.18. The highest BCUT2D eigenvalue weighted by atomic mass is 19.2. The molecular formula is C12H12F2N2O5. The summed E-state index contributed by atoms with van der Waals surface area (Å²) >= 11 is 0. The van der Waals surface area contributed by atoms with Crippen LogP contribution < -0.4 is 5.32 Å². The van der Waals surface area contributed by atoms with Crippen molar-refractivity contribution in [2.75, 3.05) is 25.1 Å². The van der Waals surface area contributed by atoms with Crippen molar-refractivity contribution in [2.45, 2.75) is 12.6 Å². The van der Waals surface area contributed by atoms with Gasteiger partial charge < -0.3 is 29.5 Å². The molecule has 1 saturated heterocycles. The minimum atomic E-state index is -1.62. The van der Waals surface area contributed by atoms with E-state index in [1.54, 1.807) is 0 Å². The molecule has 3 N–H and O–H groups in total. The van der Waals surface area contributed by atoms with Gasteiger partial charge in [0.2, 0.25) is 11.4 Å². The predicted molar refractivity (Wildman–Crippen MR) is 65.3 cm³/mol. The van der Waals surface area contributed by atoms with Crippen LogP contribution in [0.2, 0.25) is 0 Å². The fraction of sp³-hybridized carbons (Fsp3) is 0.417. The van der Waals surface area contributed by atoms with Crippen LogP contribution in [0.4, 0.5) is 14.6 Å². The van der Waals surface area contributed by atoms with Gasteiger partial charge in [0.1, 0.15) is 0 Å².